The van der Waals surface area contributed by atoms with E-state index in [-0.39, 0.29) is 0 Å². The van der Waals surface area contributed by atoms with Crippen molar-refractivity contribution < 1.29 is 13.2 Å². The van der Waals surface area contributed by atoms with Crippen molar-refractivity contribution in [3.05, 3.63) is 35.4 Å². The molecule has 2 rings (SSSR count). The molecule has 0 nitrogen and oxygen atoms in total. The summed E-state index contributed by atoms with van der Waals surface area (Å²) in [7, 11) is 0. The summed E-state index contributed by atoms with van der Waals surface area (Å²) in [6.45, 7) is 4.50. The Labute approximate surface area is 144 Å². The van der Waals surface area contributed by atoms with Crippen molar-refractivity contribution in [2.75, 3.05) is 0 Å². The average Bonchev–Trinajstić information content (AvgIpc) is 2.55. The maximum Gasteiger partial charge on any atom is 0.416 e. The maximum atomic E-state index is 12.7. The second-order valence-electron chi connectivity index (χ2n) is 7.66. The van der Waals surface area contributed by atoms with E-state index in [0.29, 0.717) is 5.92 Å². The molecule has 1 saturated carbocycles. The van der Waals surface area contributed by atoms with Gasteiger partial charge in [-0.15, -0.1) is 0 Å². The van der Waals surface area contributed by atoms with E-state index < -0.39 is 11.7 Å². The number of halogens is 3. The van der Waals surface area contributed by atoms with Crippen LogP contribution in [0.5, 0.6) is 0 Å². The summed E-state index contributed by atoms with van der Waals surface area (Å²) in [5.74, 6) is 2.16. The molecule has 1 aliphatic carbocycles. The molecule has 0 spiro atoms. The number of benzene rings is 1. The molecule has 24 heavy (non-hydrogen) atoms. The topological polar surface area (TPSA) is 0 Å². The van der Waals surface area contributed by atoms with Gasteiger partial charge in [0.25, 0.3) is 0 Å². The Bertz CT molecular complexity index is 467. The van der Waals surface area contributed by atoms with Gasteiger partial charge >= 0.3 is 6.18 Å². The second kappa shape index (κ2) is 8.92. The van der Waals surface area contributed by atoms with Gasteiger partial charge in [0.05, 0.1) is 5.56 Å². The van der Waals surface area contributed by atoms with Crippen LogP contribution in [0.2, 0.25) is 0 Å². The fourth-order valence-corrected chi connectivity index (χ4v) is 4.04. The summed E-state index contributed by atoms with van der Waals surface area (Å²) in [6, 6.07) is 5.85. The van der Waals surface area contributed by atoms with Gasteiger partial charge in [0.2, 0.25) is 0 Å². The van der Waals surface area contributed by atoms with E-state index in [1.54, 1.807) is 12.1 Å². The Morgan fingerprint density at radius 2 is 1.62 bits per heavy atom. The van der Waals surface area contributed by atoms with Gasteiger partial charge in [-0.3, -0.25) is 0 Å². The largest absolute Gasteiger partial charge is 0.416 e. The standard InChI is InChI=1S/C21H31F3/c1-3-5-18(7-4-6-17-10-8-16(2)9-11-17)19-12-14-20(15-13-19)21(22,23)24/h12-18H,3-11H2,1-2H3. The molecule has 1 unspecified atom stereocenters. The smallest absolute Gasteiger partial charge is 0.166 e. The zero-order chi connectivity index (χ0) is 17.6. The van der Waals surface area contributed by atoms with E-state index in [0.717, 1.165) is 36.7 Å². The zero-order valence-corrected chi connectivity index (χ0v) is 15.0. The molecular formula is C21H31F3. The lowest BCUT2D eigenvalue weighted by Crippen LogP contribution is -2.12. The molecule has 0 radical (unpaired) electrons. The highest BCUT2D eigenvalue weighted by molar-refractivity contribution is 5.27. The first-order valence-corrected chi connectivity index (χ1v) is 9.57. The summed E-state index contributed by atoms with van der Waals surface area (Å²) in [5.41, 5.74) is 0.528. The van der Waals surface area contributed by atoms with E-state index >= 15 is 0 Å². The van der Waals surface area contributed by atoms with E-state index in [1.807, 2.05) is 0 Å². The van der Waals surface area contributed by atoms with Gasteiger partial charge < -0.3 is 0 Å². The van der Waals surface area contributed by atoms with Crippen LogP contribution in [0.3, 0.4) is 0 Å². The third-order valence-corrected chi connectivity index (χ3v) is 5.65. The molecule has 1 aliphatic rings. The van der Waals surface area contributed by atoms with Crippen molar-refractivity contribution in [2.24, 2.45) is 11.8 Å². The van der Waals surface area contributed by atoms with Crippen LogP contribution in [0.15, 0.2) is 24.3 Å². The number of hydrogen-bond donors (Lipinski definition) is 0. The average molecular weight is 340 g/mol. The van der Waals surface area contributed by atoms with Crippen molar-refractivity contribution in [1.29, 1.82) is 0 Å². The van der Waals surface area contributed by atoms with Crippen LogP contribution in [0.25, 0.3) is 0 Å². The van der Waals surface area contributed by atoms with E-state index in [9.17, 15) is 13.2 Å². The van der Waals surface area contributed by atoms with Gasteiger partial charge in [0.15, 0.2) is 0 Å². The number of hydrogen-bond acceptors (Lipinski definition) is 0. The minimum Gasteiger partial charge on any atom is -0.166 e. The molecule has 1 aromatic carbocycles. The monoisotopic (exact) mass is 340 g/mol. The highest BCUT2D eigenvalue weighted by atomic mass is 19.4. The minimum atomic E-state index is -4.24. The minimum absolute atomic E-state index is 0.403. The SMILES string of the molecule is CCCC(CCCC1CCC(C)CC1)c1ccc(C(F)(F)F)cc1. The van der Waals surface area contributed by atoms with Crippen LogP contribution in [0, 0.1) is 11.8 Å². The third kappa shape index (κ3) is 5.82. The summed E-state index contributed by atoms with van der Waals surface area (Å²) in [4.78, 5) is 0. The van der Waals surface area contributed by atoms with Gasteiger partial charge in [-0.25, -0.2) is 0 Å². The Hall–Kier alpha value is -0.990. The Balaban J connectivity index is 1.87. The molecule has 0 heterocycles. The van der Waals surface area contributed by atoms with E-state index in [2.05, 4.69) is 13.8 Å². The second-order valence-corrected chi connectivity index (χ2v) is 7.66. The van der Waals surface area contributed by atoms with Crippen LogP contribution in [0.1, 0.15) is 88.7 Å². The fourth-order valence-electron chi connectivity index (χ4n) is 4.04. The summed E-state index contributed by atoms with van der Waals surface area (Å²) in [6.07, 6.45) is 6.93. The number of alkyl halides is 3. The highest BCUT2D eigenvalue weighted by Gasteiger charge is 2.30. The molecular weight excluding hydrogens is 309 g/mol. The molecule has 1 atom stereocenters. The van der Waals surface area contributed by atoms with Gasteiger partial charge in [-0.05, 0) is 48.3 Å². The van der Waals surface area contributed by atoms with Gasteiger partial charge in [0, 0.05) is 0 Å². The van der Waals surface area contributed by atoms with E-state index in [1.165, 1.54) is 50.7 Å². The maximum absolute atomic E-state index is 12.7. The molecule has 3 heteroatoms. The van der Waals surface area contributed by atoms with Crippen LogP contribution in [-0.2, 0) is 6.18 Å². The summed E-state index contributed by atoms with van der Waals surface area (Å²) in [5, 5.41) is 0. The Kier molecular flexibility index (Phi) is 7.18. The Morgan fingerprint density at radius 1 is 1.00 bits per heavy atom. The van der Waals surface area contributed by atoms with Crippen molar-refractivity contribution in [3.63, 3.8) is 0 Å². The van der Waals surface area contributed by atoms with Crippen LogP contribution >= 0.6 is 0 Å². The van der Waals surface area contributed by atoms with Crippen LogP contribution in [-0.4, -0.2) is 0 Å². The van der Waals surface area contributed by atoms with Gasteiger partial charge in [-0.2, -0.15) is 13.2 Å². The zero-order valence-electron chi connectivity index (χ0n) is 15.0. The quantitative estimate of drug-likeness (QED) is 0.480. The molecule has 0 bridgehead atoms. The first kappa shape index (κ1) is 19.3. The Morgan fingerprint density at radius 3 is 2.17 bits per heavy atom. The molecule has 0 amide bonds. The lowest BCUT2D eigenvalue weighted by Gasteiger charge is -2.26. The molecule has 0 N–H and O–H groups in total. The summed E-state index contributed by atoms with van der Waals surface area (Å²) < 4.78 is 38.1. The molecule has 0 aliphatic heterocycles. The molecule has 136 valence electrons. The lowest BCUT2D eigenvalue weighted by atomic mass is 9.79. The first-order valence-electron chi connectivity index (χ1n) is 9.57. The van der Waals surface area contributed by atoms with Crippen LogP contribution in [0.4, 0.5) is 13.2 Å². The molecule has 0 aromatic heterocycles. The van der Waals surface area contributed by atoms with Gasteiger partial charge in [0.1, 0.15) is 0 Å². The molecule has 1 aromatic rings. The predicted molar refractivity (Wildman–Crippen MR) is 94.1 cm³/mol. The van der Waals surface area contributed by atoms with Crippen molar-refractivity contribution >= 4 is 0 Å². The normalized spacial score (nSPS) is 23.2. The predicted octanol–water partition coefficient (Wildman–Crippen LogP) is 7.59. The lowest BCUT2D eigenvalue weighted by molar-refractivity contribution is -0.137. The highest BCUT2D eigenvalue weighted by Crippen LogP contribution is 2.35. The third-order valence-electron chi connectivity index (χ3n) is 5.65. The fraction of sp³-hybridized carbons (Fsp3) is 0.714. The van der Waals surface area contributed by atoms with Crippen molar-refractivity contribution in [2.45, 2.75) is 83.7 Å². The molecule has 0 saturated heterocycles. The van der Waals surface area contributed by atoms with Crippen molar-refractivity contribution in [1.82, 2.24) is 0 Å². The number of rotatable bonds is 7. The van der Waals surface area contributed by atoms with Gasteiger partial charge in [-0.1, -0.05) is 70.9 Å². The first-order chi connectivity index (χ1) is 11.4. The van der Waals surface area contributed by atoms with Crippen molar-refractivity contribution in [3.8, 4) is 0 Å². The molecule has 1 fully saturated rings. The van der Waals surface area contributed by atoms with E-state index in [4.69, 9.17) is 0 Å². The summed E-state index contributed by atoms with van der Waals surface area (Å²) >= 11 is 0. The van der Waals surface area contributed by atoms with Crippen LogP contribution < -0.4 is 0 Å².